The van der Waals surface area contributed by atoms with Crippen LogP contribution in [0.3, 0.4) is 0 Å². The molecule has 4 N–H and O–H groups in total. The zero-order chi connectivity index (χ0) is 23.9. The van der Waals surface area contributed by atoms with Crippen LogP contribution in [0.2, 0.25) is 0 Å². The molecule has 3 atom stereocenters. The van der Waals surface area contributed by atoms with Crippen molar-refractivity contribution in [1.29, 1.82) is 0 Å². The summed E-state index contributed by atoms with van der Waals surface area (Å²) >= 11 is 0. The predicted octanol–water partition coefficient (Wildman–Crippen LogP) is 0.960. The summed E-state index contributed by atoms with van der Waals surface area (Å²) in [5.41, 5.74) is 9.62. The van der Waals surface area contributed by atoms with E-state index in [2.05, 4.69) is 32.7 Å². The van der Waals surface area contributed by atoms with Gasteiger partial charge in [0, 0.05) is 55.9 Å². The largest absolute Gasteiger partial charge is 0.384 e. The molecule has 3 saturated heterocycles. The molecule has 9 heteroatoms. The van der Waals surface area contributed by atoms with Gasteiger partial charge in [-0.25, -0.2) is 4.98 Å². The highest BCUT2D eigenvalue weighted by atomic mass is 16.2. The van der Waals surface area contributed by atoms with Crippen LogP contribution in [0.5, 0.6) is 0 Å². The molecule has 4 fully saturated rings. The summed E-state index contributed by atoms with van der Waals surface area (Å²) in [6, 6.07) is 10.1. The zero-order valence-electron chi connectivity index (χ0n) is 19.4. The highest BCUT2D eigenvalue weighted by molar-refractivity contribution is 6.15. The Hall–Kier alpha value is -3.30. The molecule has 1 spiro atoms. The van der Waals surface area contributed by atoms with Crippen molar-refractivity contribution in [3.05, 3.63) is 53.2 Å². The predicted molar refractivity (Wildman–Crippen MR) is 129 cm³/mol. The van der Waals surface area contributed by atoms with Crippen molar-refractivity contribution in [3.8, 4) is 0 Å². The molecular weight excluding hydrogens is 444 g/mol. The Morgan fingerprint density at radius 2 is 1.91 bits per heavy atom. The van der Waals surface area contributed by atoms with Gasteiger partial charge in [-0.05, 0) is 48.1 Å². The van der Waals surface area contributed by atoms with Crippen LogP contribution in [0.1, 0.15) is 54.3 Å². The Labute approximate surface area is 203 Å². The third-order valence-corrected chi connectivity index (χ3v) is 8.64. The lowest BCUT2D eigenvalue weighted by Crippen LogP contribution is -2.64. The molecule has 180 valence electrons. The number of anilines is 2. The second-order valence-corrected chi connectivity index (χ2v) is 10.5. The topological polar surface area (TPSA) is 121 Å². The number of nitrogens with two attached hydrogens (primary N) is 1. The van der Waals surface area contributed by atoms with E-state index in [1.807, 2.05) is 24.4 Å². The number of hydrogen-bond acceptors (Lipinski definition) is 7. The molecule has 9 nitrogen and oxygen atoms in total. The summed E-state index contributed by atoms with van der Waals surface area (Å²) in [6.07, 6.45) is 4.10. The van der Waals surface area contributed by atoms with Crippen LogP contribution in [0.25, 0.3) is 0 Å². The van der Waals surface area contributed by atoms with Gasteiger partial charge in [0.15, 0.2) is 0 Å². The van der Waals surface area contributed by atoms with Crippen LogP contribution in [0.4, 0.5) is 11.5 Å². The third-order valence-electron chi connectivity index (χ3n) is 8.64. The number of carbonyl (C=O) groups is 3. The minimum absolute atomic E-state index is 0.0134. The van der Waals surface area contributed by atoms with Crippen LogP contribution in [0.15, 0.2) is 36.5 Å². The average molecular weight is 473 g/mol. The molecule has 1 saturated carbocycles. The first-order valence-corrected chi connectivity index (χ1v) is 12.5. The number of fused-ring (bicyclic) bond motifs is 2. The number of nitrogens with one attached hydrogen (secondary N) is 2. The molecule has 2 unspecified atom stereocenters. The van der Waals surface area contributed by atoms with Crippen molar-refractivity contribution in [2.75, 3.05) is 30.3 Å². The third kappa shape index (κ3) is 2.94. The van der Waals surface area contributed by atoms with Gasteiger partial charge in [-0.1, -0.05) is 18.2 Å². The van der Waals surface area contributed by atoms with Crippen LogP contribution in [-0.4, -0.2) is 59.3 Å². The maximum atomic E-state index is 13.8. The van der Waals surface area contributed by atoms with Gasteiger partial charge in [0.25, 0.3) is 0 Å². The van der Waals surface area contributed by atoms with E-state index in [9.17, 15) is 14.4 Å². The lowest BCUT2D eigenvalue weighted by molar-refractivity contribution is -0.135. The van der Waals surface area contributed by atoms with Crippen LogP contribution in [-0.2, 0) is 19.8 Å². The normalized spacial score (nSPS) is 29.5. The lowest BCUT2D eigenvalue weighted by atomic mass is 9.74. The van der Waals surface area contributed by atoms with Crippen LogP contribution < -0.4 is 21.3 Å². The molecule has 1 aromatic carbocycles. The Bertz CT molecular complexity index is 1250. The summed E-state index contributed by atoms with van der Waals surface area (Å²) in [6.45, 7) is 2.87. The quantitative estimate of drug-likeness (QED) is 0.567. The Kier molecular flexibility index (Phi) is 4.41. The van der Waals surface area contributed by atoms with E-state index < -0.39 is 11.5 Å². The first kappa shape index (κ1) is 21.0. The van der Waals surface area contributed by atoms with Crippen LogP contribution >= 0.6 is 0 Å². The molecular formula is C26H28N6O3. The van der Waals surface area contributed by atoms with E-state index in [1.165, 1.54) is 5.56 Å². The number of rotatable bonds is 4. The maximum absolute atomic E-state index is 13.8. The molecule has 7 rings (SSSR count). The summed E-state index contributed by atoms with van der Waals surface area (Å²) in [5, 5.41) is 5.80. The van der Waals surface area contributed by atoms with Gasteiger partial charge in [0.2, 0.25) is 17.7 Å². The van der Waals surface area contributed by atoms with E-state index in [0.29, 0.717) is 18.3 Å². The number of imide groups is 1. The number of benzene rings is 1. The molecule has 3 amide bonds. The van der Waals surface area contributed by atoms with Crippen LogP contribution in [0, 0.1) is 0 Å². The molecule has 5 aliphatic rings. The van der Waals surface area contributed by atoms with Gasteiger partial charge in [-0.15, -0.1) is 0 Å². The number of nitrogen functional groups attached to an aromatic ring is 1. The number of carbonyl (C=O) groups excluding carboxylic acids is 3. The fourth-order valence-corrected chi connectivity index (χ4v) is 6.56. The number of hydrogen-bond donors (Lipinski definition) is 3. The molecule has 2 aromatic rings. The number of piperidine rings is 1. The molecule has 5 heterocycles. The number of nitrogens with zero attached hydrogens (tertiary/aromatic N) is 3. The molecule has 0 bridgehead atoms. The van der Waals surface area contributed by atoms with Gasteiger partial charge in [0.05, 0.1) is 5.41 Å². The van der Waals surface area contributed by atoms with Crippen molar-refractivity contribution in [2.24, 2.45) is 0 Å². The van der Waals surface area contributed by atoms with Crippen molar-refractivity contribution < 1.29 is 14.4 Å². The molecule has 0 radical (unpaired) electrons. The van der Waals surface area contributed by atoms with Gasteiger partial charge < -0.3 is 11.1 Å². The number of aromatic nitrogens is 1. The highest BCUT2D eigenvalue weighted by Gasteiger charge is 2.63. The summed E-state index contributed by atoms with van der Waals surface area (Å²) in [7, 11) is 0. The Balaban J connectivity index is 1.30. The zero-order valence-corrected chi connectivity index (χ0v) is 19.4. The number of amides is 3. The van der Waals surface area contributed by atoms with Gasteiger partial charge in [-0.3, -0.25) is 29.5 Å². The second kappa shape index (κ2) is 7.35. The van der Waals surface area contributed by atoms with E-state index in [0.717, 1.165) is 49.3 Å². The van der Waals surface area contributed by atoms with Crippen molar-refractivity contribution in [3.63, 3.8) is 0 Å². The summed E-state index contributed by atoms with van der Waals surface area (Å²) < 4.78 is 0. The Morgan fingerprint density at radius 3 is 2.57 bits per heavy atom. The fourth-order valence-electron chi connectivity index (χ4n) is 6.56. The fraction of sp³-hybridized carbons (Fsp3) is 0.462. The Morgan fingerprint density at radius 1 is 1.09 bits per heavy atom. The smallest absolute Gasteiger partial charge is 0.249 e. The minimum Gasteiger partial charge on any atom is -0.384 e. The van der Waals surface area contributed by atoms with Crippen molar-refractivity contribution in [2.45, 2.75) is 55.1 Å². The van der Waals surface area contributed by atoms with E-state index in [4.69, 9.17) is 5.73 Å². The van der Waals surface area contributed by atoms with Gasteiger partial charge >= 0.3 is 0 Å². The highest BCUT2D eigenvalue weighted by Crippen LogP contribution is 2.62. The number of pyridine rings is 1. The van der Waals surface area contributed by atoms with Crippen molar-refractivity contribution >= 4 is 29.2 Å². The SMILES string of the molecule is Nc1ccc([C@H]2C(c3cccc4c3C3(CC3)C(=O)N4C3CCC(=O)NC3=O)CN2C2CNC2)cn1. The number of likely N-dealkylation sites (tertiary alicyclic amines) is 1. The lowest BCUT2D eigenvalue weighted by Gasteiger charge is -2.55. The summed E-state index contributed by atoms with van der Waals surface area (Å²) in [5.74, 6) is 0.0989. The van der Waals surface area contributed by atoms with E-state index in [-0.39, 0.29) is 36.1 Å². The summed E-state index contributed by atoms with van der Waals surface area (Å²) in [4.78, 5) is 46.8. The first-order valence-electron chi connectivity index (χ1n) is 12.5. The molecule has 35 heavy (non-hydrogen) atoms. The first-order chi connectivity index (χ1) is 17.0. The average Bonchev–Trinajstić information content (AvgIpc) is 3.55. The van der Waals surface area contributed by atoms with E-state index >= 15 is 0 Å². The van der Waals surface area contributed by atoms with Crippen molar-refractivity contribution in [1.82, 2.24) is 20.5 Å². The maximum Gasteiger partial charge on any atom is 0.249 e. The monoisotopic (exact) mass is 472 g/mol. The molecule has 4 aliphatic heterocycles. The molecule has 1 aromatic heterocycles. The van der Waals surface area contributed by atoms with Gasteiger partial charge in [0.1, 0.15) is 11.9 Å². The second-order valence-electron chi connectivity index (χ2n) is 10.5. The minimum atomic E-state index is -0.634. The van der Waals surface area contributed by atoms with E-state index in [1.54, 1.807) is 4.90 Å². The van der Waals surface area contributed by atoms with Gasteiger partial charge in [-0.2, -0.15) is 0 Å². The molecule has 1 aliphatic carbocycles. The standard InChI is InChI=1S/C26H28N6O3/c27-20-6-4-14(10-29-20)23-17(13-31(23)15-11-28-12-15)16-2-1-3-18-22(16)26(8-9-26)25(35)32(18)19-5-7-21(33)30-24(19)34/h1-4,6,10,15,17,19,23,28H,5,7-9,11-13H2,(H2,27,29)(H,30,33,34)/t17?,19?,23-/m0/s1.